The molecule has 0 aliphatic rings. The standard InChI is InChI=1S/C20H17NO7/c1-28-20-9-3-13(10-19(20)25)2-5-16(23)12-17(24)6-4-14-11-15(22)7-8-18(14)21(26)27/h2-11,22,25H,12H2,1H3/b5-2+,6-4+. The summed E-state index contributed by atoms with van der Waals surface area (Å²) in [4.78, 5) is 34.1. The molecule has 0 unspecified atom stereocenters. The Kier molecular flexibility index (Phi) is 6.64. The van der Waals surface area contributed by atoms with Gasteiger partial charge < -0.3 is 14.9 Å². The highest BCUT2D eigenvalue weighted by molar-refractivity contribution is 6.11. The number of hydrogen-bond donors (Lipinski definition) is 2. The quantitative estimate of drug-likeness (QED) is 0.310. The highest BCUT2D eigenvalue weighted by Crippen LogP contribution is 2.27. The molecule has 0 aliphatic heterocycles. The smallest absolute Gasteiger partial charge is 0.276 e. The summed E-state index contributed by atoms with van der Waals surface area (Å²) in [5.74, 6) is -0.992. The summed E-state index contributed by atoms with van der Waals surface area (Å²) in [7, 11) is 1.42. The molecule has 8 nitrogen and oxygen atoms in total. The molecule has 0 saturated heterocycles. The lowest BCUT2D eigenvalue weighted by Crippen LogP contribution is -2.02. The first kappa shape index (κ1) is 20.4. The summed E-state index contributed by atoms with van der Waals surface area (Å²) >= 11 is 0. The Morgan fingerprint density at radius 3 is 2.36 bits per heavy atom. The molecule has 8 heteroatoms. The Morgan fingerprint density at radius 1 is 1.07 bits per heavy atom. The van der Waals surface area contributed by atoms with Gasteiger partial charge in [0, 0.05) is 6.07 Å². The Bertz CT molecular complexity index is 977. The number of phenolic OH excluding ortho intramolecular Hbond substituents is 2. The van der Waals surface area contributed by atoms with Crippen LogP contribution in [0, 0.1) is 10.1 Å². The monoisotopic (exact) mass is 383 g/mol. The van der Waals surface area contributed by atoms with Crippen LogP contribution in [0.4, 0.5) is 5.69 Å². The lowest BCUT2D eigenvalue weighted by atomic mass is 10.1. The molecular formula is C20H17NO7. The predicted octanol–water partition coefficient (Wildman–Crippen LogP) is 3.27. The highest BCUT2D eigenvalue weighted by Gasteiger charge is 2.12. The lowest BCUT2D eigenvalue weighted by Gasteiger charge is -2.03. The van der Waals surface area contributed by atoms with E-state index in [9.17, 15) is 29.9 Å². The Balaban J connectivity index is 2.02. The van der Waals surface area contributed by atoms with Crippen molar-refractivity contribution < 1.29 is 29.5 Å². The minimum absolute atomic E-state index is 0.0510. The average molecular weight is 383 g/mol. The fourth-order valence-corrected chi connectivity index (χ4v) is 2.31. The zero-order valence-corrected chi connectivity index (χ0v) is 14.9. The number of carbonyl (C=O) groups excluding carboxylic acids is 2. The van der Waals surface area contributed by atoms with Crippen molar-refractivity contribution in [3.63, 3.8) is 0 Å². The second kappa shape index (κ2) is 9.13. The van der Waals surface area contributed by atoms with Gasteiger partial charge in [0.15, 0.2) is 23.1 Å². The predicted molar refractivity (Wildman–Crippen MR) is 102 cm³/mol. The number of methoxy groups -OCH3 is 1. The molecule has 0 heterocycles. The molecule has 0 saturated carbocycles. The summed E-state index contributed by atoms with van der Waals surface area (Å²) in [6, 6.07) is 8.02. The minimum atomic E-state index is -0.637. The van der Waals surface area contributed by atoms with E-state index in [4.69, 9.17) is 4.74 Å². The van der Waals surface area contributed by atoms with Crippen LogP contribution in [-0.4, -0.2) is 33.8 Å². The number of nitrogens with zero attached hydrogens (tertiary/aromatic N) is 1. The maximum Gasteiger partial charge on any atom is 0.276 e. The fraction of sp³-hybridized carbons (Fsp3) is 0.100. The van der Waals surface area contributed by atoms with E-state index in [1.165, 1.54) is 43.5 Å². The van der Waals surface area contributed by atoms with Crippen LogP contribution in [0.5, 0.6) is 17.2 Å². The number of phenols is 2. The van der Waals surface area contributed by atoms with Crippen molar-refractivity contribution in [2.75, 3.05) is 7.11 Å². The van der Waals surface area contributed by atoms with Gasteiger partial charge in [0.05, 0.1) is 24.0 Å². The van der Waals surface area contributed by atoms with Gasteiger partial charge in [-0.3, -0.25) is 19.7 Å². The number of allylic oxidation sites excluding steroid dienone is 2. The molecule has 2 N–H and O–H groups in total. The largest absolute Gasteiger partial charge is 0.508 e. The van der Waals surface area contributed by atoms with Gasteiger partial charge in [0.2, 0.25) is 0 Å². The van der Waals surface area contributed by atoms with Crippen molar-refractivity contribution in [2.24, 2.45) is 0 Å². The molecule has 28 heavy (non-hydrogen) atoms. The summed E-state index contributed by atoms with van der Waals surface area (Å²) in [6.07, 6.45) is 4.44. The number of nitro benzene ring substituents is 1. The first-order valence-corrected chi connectivity index (χ1v) is 8.06. The number of ether oxygens (including phenoxy) is 1. The number of rotatable bonds is 8. The maximum atomic E-state index is 11.9. The molecule has 2 aromatic rings. The molecule has 2 aromatic carbocycles. The second-order valence-corrected chi connectivity index (χ2v) is 5.71. The third-order valence-corrected chi connectivity index (χ3v) is 3.67. The van der Waals surface area contributed by atoms with E-state index in [1.807, 2.05) is 0 Å². The van der Waals surface area contributed by atoms with Crippen LogP contribution in [0.25, 0.3) is 12.2 Å². The van der Waals surface area contributed by atoms with E-state index < -0.39 is 22.9 Å². The molecule has 0 spiro atoms. The SMILES string of the molecule is COc1ccc(/C=C/C(=O)CC(=O)/C=C/c2cc(O)ccc2[N+](=O)[O-])cc1O. The number of carbonyl (C=O) groups is 2. The number of benzene rings is 2. The molecule has 0 aromatic heterocycles. The number of ketones is 2. The normalized spacial score (nSPS) is 11.0. The van der Waals surface area contributed by atoms with Crippen LogP contribution in [0.2, 0.25) is 0 Å². The van der Waals surface area contributed by atoms with Gasteiger partial charge in [0.1, 0.15) is 5.75 Å². The van der Waals surface area contributed by atoms with Crippen molar-refractivity contribution in [1.82, 2.24) is 0 Å². The number of hydrogen-bond acceptors (Lipinski definition) is 7. The van der Waals surface area contributed by atoms with Crippen LogP contribution >= 0.6 is 0 Å². The topological polar surface area (TPSA) is 127 Å². The third-order valence-electron chi connectivity index (χ3n) is 3.67. The van der Waals surface area contributed by atoms with Gasteiger partial charge in [-0.05, 0) is 48.1 Å². The van der Waals surface area contributed by atoms with Crippen molar-refractivity contribution in [3.8, 4) is 17.2 Å². The third kappa shape index (κ3) is 5.53. The highest BCUT2D eigenvalue weighted by atomic mass is 16.6. The summed E-state index contributed by atoms with van der Waals surface area (Å²) in [6.45, 7) is 0. The van der Waals surface area contributed by atoms with E-state index in [2.05, 4.69) is 0 Å². The van der Waals surface area contributed by atoms with E-state index in [0.717, 1.165) is 18.2 Å². The molecule has 2 rings (SSSR count). The van der Waals surface area contributed by atoms with Crippen molar-refractivity contribution >= 4 is 29.4 Å². The number of nitro groups is 1. The summed E-state index contributed by atoms with van der Waals surface area (Å²) in [5.41, 5.74) is 0.326. The van der Waals surface area contributed by atoms with E-state index in [1.54, 1.807) is 6.07 Å². The molecule has 0 aliphatic carbocycles. The number of aromatic hydroxyl groups is 2. The first-order valence-electron chi connectivity index (χ1n) is 8.06. The average Bonchev–Trinajstić information content (AvgIpc) is 2.64. The van der Waals surface area contributed by atoms with Crippen molar-refractivity contribution in [3.05, 3.63) is 69.8 Å². The van der Waals surface area contributed by atoms with E-state index in [0.29, 0.717) is 11.3 Å². The van der Waals surface area contributed by atoms with Crippen LogP contribution in [0.15, 0.2) is 48.6 Å². The first-order chi connectivity index (χ1) is 13.3. The van der Waals surface area contributed by atoms with Gasteiger partial charge in [0.25, 0.3) is 5.69 Å². The van der Waals surface area contributed by atoms with Gasteiger partial charge in [-0.1, -0.05) is 12.1 Å². The Labute approximate surface area is 160 Å². The van der Waals surface area contributed by atoms with E-state index >= 15 is 0 Å². The Hall–Kier alpha value is -3.94. The second-order valence-electron chi connectivity index (χ2n) is 5.71. The van der Waals surface area contributed by atoms with Crippen LogP contribution in [0.1, 0.15) is 17.5 Å². The van der Waals surface area contributed by atoms with Crippen molar-refractivity contribution in [1.29, 1.82) is 0 Å². The van der Waals surface area contributed by atoms with Crippen LogP contribution in [-0.2, 0) is 9.59 Å². The molecule has 0 bridgehead atoms. The molecule has 0 atom stereocenters. The molecule has 0 fully saturated rings. The Morgan fingerprint density at radius 2 is 1.75 bits per heavy atom. The molecular weight excluding hydrogens is 366 g/mol. The summed E-state index contributed by atoms with van der Waals surface area (Å²) < 4.78 is 4.92. The molecule has 0 radical (unpaired) electrons. The lowest BCUT2D eigenvalue weighted by molar-refractivity contribution is -0.385. The molecule has 144 valence electrons. The van der Waals surface area contributed by atoms with Gasteiger partial charge >= 0.3 is 0 Å². The zero-order chi connectivity index (χ0) is 20.7. The van der Waals surface area contributed by atoms with Gasteiger partial charge in [-0.25, -0.2) is 0 Å². The van der Waals surface area contributed by atoms with Crippen LogP contribution in [0.3, 0.4) is 0 Å². The van der Waals surface area contributed by atoms with E-state index in [-0.39, 0.29) is 22.7 Å². The van der Waals surface area contributed by atoms with Gasteiger partial charge in [-0.15, -0.1) is 0 Å². The van der Waals surface area contributed by atoms with Crippen molar-refractivity contribution in [2.45, 2.75) is 6.42 Å². The van der Waals surface area contributed by atoms with Crippen LogP contribution < -0.4 is 4.74 Å². The summed E-state index contributed by atoms with van der Waals surface area (Å²) in [5, 5.41) is 30.1. The molecule has 0 amide bonds. The fourth-order valence-electron chi connectivity index (χ4n) is 2.31. The maximum absolute atomic E-state index is 11.9. The van der Waals surface area contributed by atoms with Gasteiger partial charge in [-0.2, -0.15) is 0 Å². The zero-order valence-electron chi connectivity index (χ0n) is 14.9. The minimum Gasteiger partial charge on any atom is -0.508 e.